The molecule has 1 N–H and O–H groups in total. The van der Waals surface area contributed by atoms with Crippen LogP contribution in [0.3, 0.4) is 0 Å². The van der Waals surface area contributed by atoms with E-state index in [2.05, 4.69) is 10.1 Å². The zero-order valence-electron chi connectivity index (χ0n) is 10.6. The molecule has 2 aromatic rings. The summed E-state index contributed by atoms with van der Waals surface area (Å²) in [6.45, 7) is 4.39. The highest BCUT2D eigenvalue weighted by molar-refractivity contribution is 5.32. The Morgan fingerprint density at radius 1 is 1.33 bits per heavy atom. The first kappa shape index (κ1) is 12.6. The number of nitrogens with zero attached hydrogens (tertiary/aromatic N) is 3. The summed E-state index contributed by atoms with van der Waals surface area (Å²) in [5.41, 5.74) is 0.771. The maximum Gasteiger partial charge on any atom is 0.165 e. The quantitative estimate of drug-likeness (QED) is 0.877. The van der Waals surface area contributed by atoms with E-state index >= 15 is 0 Å². The highest BCUT2D eigenvalue weighted by atomic mass is 16.5. The molecule has 1 aromatic carbocycles. The standard InChI is InChI=1S/C13H17N3O2/c1-10(2)16-13(14-9-15-16)8-18-12-6-4-3-5-11(12)7-17/h3-6,9-10,17H,7-8H2,1-2H3. The molecule has 0 fully saturated rings. The maximum absolute atomic E-state index is 9.21. The molecule has 0 saturated carbocycles. The second kappa shape index (κ2) is 5.64. The molecule has 0 aliphatic rings. The number of benzene rings is 1. The van der Waals surface area contributed by atoms with E-state index in [1.54, 1.807) is 0 Å². The third-order valence-corrected chi connectivity index (χ3v) is 2.64. The molecule has 0 amide bonds. The fourth-order valence-electron chi connectivity index (χ4n) is 1.73. The number of para-hydroxylation sites is 1. The monoisotopic (exact) mass is 247 g/mol. The summed E-state index contributed by atoms with van der Waals surface area (Å²) in [5, 5.41) is 13.4. The summed E-state index contributed by atoms with van der Waals surface area (Å²) in [7, 11) is 0. The Morgan fingerprint density at radius 2 is 2.11 bits per heavy atom. The Morgan fingerprint density at radius 3 is 2.83 bits per heavy atom. The van der Waals surface area contributed by atoms with Gasteiger partial charge in [-0.05, 0) is 19.9 Å². The van der Waals surface area contributed by atoms with Crippen LogP contribution in [0.25, 0.3) is 0 Å². The lowest BCUT2D eigenvalue weighted by molar-refractivity contribution is 0.251. The second-order valence-corrected chi connectivity index (χ2v) is 4.27. The first-order chi connectivity index (χ1) is 8.72. The zero-order valence-corrected chi connectivity index (χ0v) is 10.6. The largest absolute Gasteiger partial charge is 0.485 e. The molecule has 0 atom stereocenters. The molecular formula is C13H17N3O2. The van der Waals surface area contributed by atoms with Crippen LogP contribution in [0.15, 0.2) is 30.6 Å². The van der Waals surface area contributed by atoms with Gasteiger partial charge in [0.25, 0.3) is 0 Å². The lowest BCUT2D eigenvalue weighted by Gasteiger charge is -2.12. The third-order valence-electron chi connectivity index (χ3n) is 2.64. The van der Waals surface area contributed by atoms with Crippen molar-refractivity contribution in [1.82, 2.24) is 14.8 Å². The van der Waals surface area contributed by atoms with Crippen LogP contribution in [0, 0.1) is 0 Å². The van der Waals surface area contributed by atoms with Gasteiger partial charge < -0.3 is 9.84 Å². The molecule has 18 heavy (non-hydrogen) atoms. The minimum Gasteiger partial charge on any atom is -0.485 e. The van der Waals surface area contributed by atoms with Crippen LogP contribution in [0.4, 0.5) is 0 Å². The van der Waals surface area contributed by atoms with Crippen LogP contribution < -0.4 is 4.74 Å². The Hall–Kier alpha value is -1.88. The van der Waals surface area contributed by atoms with Crippen molar-refractivity contribution < 1.29 is 9.84 Å². The number of rotatable bonds is 5. The molecule has 0 radical (unpaired) electrons. The zero-order chi connectivity index (χ0) is 13.0. The Balaban J connectivity index is 2.09. The number of hydrogen-bond donors (Lipinski definition) is 1. The van der Waals surface area contributed by atoms with Gasteiger partial charge in [0.05, 0.1) is 6.61 Å². The summed E-state index contributed by atoms with van der Waals surface area (Å²) < 4.78 is 7.50. The average molecular weight is 247 g/mol. The molecule has 0 spiro atoms. The predicted molar refractivity (Wildman–Crippen MR) is 67.1 cm³/mol. The minimum absolute atomic E-state index is 0.0347. The third kappa shape index (κ3) is 2.68. The SMILES string of the molecule is CC(C)n1ncnc1COc1ccccc1CO. The Bertz CT molecular complexity index is 508. The first-order valence-corrected chi connectivity index (χ1v) is 5.92. The lowest BCUT2D eigenvalue weighted by Crippen LogP contribution is -2.11. The molecule has 0 bridgehead atoms. The van der Waals surface area contributed by atoms with Crippen molar-refractivity contribution in [2.45, 2.75) is 33.1 Å². The van der Waals surface area contributed by atoms with E-state index in [9.17, 15) is 5.11 Å². The van der Waals surface area contributed by atoms with E-state index in [0.717, 1.165) is 11.4 Å². The van der Waals surface area contributed by atoms with E-state index in [0.29, 0.717) is 12.4 Å². The molecule has 0 aliphatic carbocycles. The number of aromatic nitrogens is 3. The van der Waals surface area contributed by atoms with Gasteiger partial charge in [-0.1, -0.05) is 18.2 Å². The van der Waals surface area contributed by atoms with Crippen LogP contribution in [0.1, 0.15) is 31.3 Å². The van der Waals surface area contributed by atoms with Crippen molar-refractivity contribution in [3.05, 3.63) is 42.0 Å². The molecule has 0 saturated heterocycles. The normalized spacial score (nSPS) is 10.9. The van der Waals surface area contributed by atoms with E-state index in [-0.39, 0.29) is 12.6 Å². The molecule has 1 heterocycles. The summed E-state index contributed by atoms with van der Waals surface area (Å²) in [6, 6.07) is 7.67. The van der Waals surface area contributed by atoms with Crippen LogP contribution >= 0.6 is 0 Å². The summed E-state index contributed by atoms with van der Waals surface area (Å²) in [5.74, 6) is 1.45. The topological polar surface area (TPSA) is 60.2 Å². The Labute approximate surface area is 106 Å². The first-order valence-electron chi connectivity index (χ1n) is 5.92. The number of aliphatic hydroxyl groups is 1. The van der Waals surface area contributed by atoms with Gasteiger partial charge in [-0.15, -0.1) is 0 Å². The second-order valence-electron chi connectivity index (χ2n) is 4.27. The predicted octanol–water partition coefficient (Wildman–Crippen LogP) is 1.93. The summed E-state index contributed by atoms with van der Waals surface area (Å²) in [6.07, 6.45) is 1.52. The molecule has 2 rings (SSSR count). The molecule has 1 aromatic heterocycles. The van der Waals surface area contributed by atoms with Gasteiger partial charge in [0, 0.05) is 11.6 Å². The van der Waals surface area contributed by atoms with Gasteiger partial charge in [0.1, 0.15) is 18.7 Å². The van der Waals surface area contributed by atoms with E-state index in [1.807, 2.05) is 42.8 Å². The highest BCUT2D eigenvalue weighted by Gasteiger charge is 2.09. The smallest absolute Gasteiger partial charge is 0.165 e. The van der Waals surface area contributed by atoms with Crippen LogP contribution in [-0.2, 0) is 13.2 Å². The summed E-state index contributed by atoms with van der Waals surface area (Å²) >= 11 is 0. The fourth-order valence-corrected chi connectivity index (χ4v) is 1.73. The molecule has 5 nitrogen and oxygen atoms in total. The van der Waals surface area contributed by atoms with Crippen LogP contribution in [-0.4, -0.2) is 19.9 Å². The van der Waals surface area contributed by atoms with Crippen molar-refractivity contribution >= 4 is 0 Å². The Kier molecular flexibility index (Phi) is 3.94. The van der Waals surface area contributed by atoms with Crippen molar-refractivity contribution in [2.75, 3.05) is 0 Å². The maximum atomic E-state index is 9.21. The van der Waals surface area contributed by atoms with Crippen molar-refractivity contribution in [2.24, 2.45) is 0 Å². The van der Waals surface area contributed by atoms with Gasteiger partial charge in [0.2, 0.25) is 0 Å². The molecule has 5 heteroatoms. The van der Waals surface area contributed by atoms with Crippen LogP contribution in [0.2, 0.25) is 0 Å². The van der Waals surface area contributed by atoms with Crippen molar-refractivity contribution in [1.29, 1.82) is 0 Å². The summed E-state index contributed by atoms with van der Waals surface area (Å²) in [4.78, 5) is 4.17. The number of hydrogen-bond acceptors (Lipinski definition) is 4. The van der Waals surface area contributed by atoms with Gasteiger partial charge in [-0.25, -0.2) is 9.67 Å². The minimum atomic E-state index is -0.0347. The van der Waals surface area contributed by atoms with Gasteiger partial charge in [-0.2, -0.15) is 5.10 Å². The molecule has 0 unspecified atom stereocenters. The fraction of sp³-hybridized carbons (Fsp3) is 0.385. The van der Waals surface area contributed by atoms with E-state index in [4.69, 9.17) is 4.74 Å². The van der Waals surface area contributed by atoms with E-state index < -0.39 is 0 Å². The van der Waals surface area contributed by atoms with Crippen LogP contribution in [0.5, 0.6) is 5.75 Å². The van der Waals surface area contributed by atoms with Gasteiger partial charge in [-0.3, -0.25) is 0 Å². The molecular weight excluding hydrogens is 230 g/mol. The van der Waals surface area contributed by atoms with Crippen molar-refractivity contribution in [3.8, 4) is 5.75 Å². The number of ether oxygens (including phenoxy) is 1. The van der Waals surface area contributed by atoms with Crippen molar-refractivity contribution in [3.63, 3.8) is 0 Å². The molecule has 0 aliphatic heterocycles. The molecule has 96 valence electrons. The van der Waals surface area contributed by atoms with E-state index in [1.165, 1.54) is 6.33 Å². The highest BCUT2D eigenvalue weighted by Crippen LogP contribution is 2.19. The van der Waals surface area contributed by atoms with Gasteiger partial charge in [0.15, 0.2) is 5.82 Å². The average Bonchev–Trinajstić information content (AvgIpc) is 2.85. The van der Waals surface area contributed by atoms with Gasteiger partial charge >= 0.3 is 0 Å². The lowest BCUT2D eigenvalue weighted by atomic mass is 10.2. The number of aliphatic hydroxyl groups excluding tert-OH is 1.